The van der Waals surface area contributed by atoms with Crippen molar-refractivity contribution >= 4 is 15.9 Å². The van der Waals surface area contributed by atoms with Crippen molar-refractivity contribution in [3.8, 4) is 11.5 Å². The van der Waals surface area contributed by atoms with Crippen molar-refractivity contribution in [1.82, 2.24) is 10.3 Å². The van der Waals surface area contributed by atoms with Crippen LogP contribution >= 0.6 is 0 Å². The van der Waals surface area contributed by atoms with Gasteiger partial charge in [-0.15, -0.1) is 4.83 Å². The van der Waals surface area contributed by atoms with Crippen molar-refractivity contribution in [1.29, 1.82) is 0 Å². The van der Waals surface area contributed by atoms with Gasteiger partial charge in [0.1, 0.15) is 0 Å². The van der Waals surface area contributed by atoms with Gasteiger partial charge in [0.05, 0.1) is 19.1 Å². The number of hydrazine groups is 1. The number of hydrogen-bond acceptors (Lipinski definition) is 5. The second-order valence-corrected chi connectivity index (χ2v) is 7.95. The molecule has 0 aromatic heterocycles. The lowest BCUT2D eigenvalue weighted by Gasteiger charge is -2.17. The fourth-order valence-corrected chi connectivity index (χ4v) is 3.99. The quantitative estimate of drug-likeness (QED) is 0.738. The van der Waals surface area contributed by atoms with Crippen LogP contribution in [0, 0.1) is 0 Å². The molecule has 0 heterocycles. The highest BCUT2D eigenvalue weighted by Gasteiger charge is 2.19. The molecule has 2 aromatic carbocycles. The summed E-state index contributed by atoms with van der Waals surface area (Å²) in [6.45, 7) is 0. The summed E-state index contributed by atoms with van der Waals surface area (Å²) in [7, 11) is -0.916. The molecule has 144 valence electrons. The summed E-state index contributed by atoms with van der Waals surface area (Å²) in [5.74, 6) is 0.254. The summed E-state index contributed by atoms with van der Waals surface area (Å²) in [4.78, 5) is 14.6. The first kappa shape index (κ1) is 19.2. The van der Waals surface area contributed by atoms with Crippen LogP contribution < -0.4 is 19.7 Å². The number of fused-ring (bicyclic) bond motifs is 1. The topological polar surface area (TPSA) is 93.7 Å². The fraction of sp³-hybridized carbons (Fsp3) is 0.316. The van der Waals surface area contributed by atoms with E-state index in [0.29, 0.717) is 11.5 Å². The molecule has 7 nitrogen and oxygen atoms in total. The summed E-state index contributed by atoms with van der Waals surface area (Å²) in [5, 5.41) is 0. The van der Waals surface area contributed by atoms with Gasteiger partial charge in [0.2, 0.25) is 0 Å². The smallest absolute Gasteiger partial charge is 0.266 e. The normalized spacial score (nSPS) is 13.6. The zero-order valence-electron chi connectivity index (χ0n) is 15.2. The summed E-state index contributed by atoms with van der Waals surface area (Å²) in [5.41, 5.74) is 4.71. The molecule has 0 unspecified atom stereocenters. The van der Waals surface area contributed by atoms with Gasteiger partial charge in [-0.2, -0.15) is 0 Å². The SMILES string of the molecule is COc1ccc(C(=O)NNS(=O)(=O)c2ccc3c(c2)CCCC3)cc1OC. The molecular formula is C19H22N2O5S. The molecule has 3 rings (SSSR count). The second kappa shape index (κ2) is 7.98. The van der Waals surface area contributed by atoms with Crippen molar-refractivity contribution in [2.45, 2.75) is 30.6 Å². The molecule has 27 heavy (non-hydrogen) atoms. The van der Waals surface area contributed by atoms with E-state index in [1.54, 1.807) is 18.2 Å². The summed E-state index contributed by atoms with van der Waals surface area (Å²) in [6, 6.07) is 9.66. The Labute approximate surface area is 158 Å². The molecule has 1 amide bonds. The van der Waals surface area contributed by atoms with Gasteiger partial charge in [-0.25, -0.2) is 8.42 Å². The van der Waals surface area contributed by atoms with Crippen LogP contribution in [0.2, 0.25) is 0 Å². The fourth-order valence-electron chi connectivity index (χ4n) is 3.10. The van der Waals surface area contributed by atoms with Crippen molar-refractivity contribution < 1.29 is 22.7 Å². The van der Waals surface area contributed by atoms with Crippen LogP contribution in [0.1, 0.15) is 34.3 Å². The number of nitrogens with one attached hydrogen (secondary N) is 2. The third-order valence-electron chi connectivity index (χ3n) is 4.57. The molecule has 8 heteroatoms. The van der Waals surface area contributed by atoms with Crippen LogP contribution in [-0.2, 0) is 22.9 Å². The molecule has 0 saturated carbocycles. The Balaban J connectivity index is 1.72. The maximum absolute atomic E-state index is 12.5. The molecule has 0 spiro atoms. The minimum Gasteiger partial charge on any atom is -0.493 e. The summed E-state index contributed by atoms with van der Waals surface area (Å²) < 4.78 is 35.3. The number of carbonyl (C=O) groups is 1. The van der Waals surface area contributed by atoms with Gasteiger partial charge in [-0.1, -0.05) is 6.07 Å². The first-order valence-corrected chi connectivity index (χ1v) is 10.1. The number of rotatable bonds is 6. The molecule has 0 bridgehead atoms. The highest BCUT2D eigenvalue weighted by Crippen LogP contribution is 2.27. The zero-order valence-corrected chi connectivity index (χ0v) is 16.1. The van der Waals surface area contributed by atoms with E-state index in [2.05, 4.69) is 10.3 Å². The Morgan fingerprint density at radius 2 is 1.63 bits per heavy atom. The number of sulfonamides is 1. The minimum atomic E-state index is -3.86. The van der Waals surface area contributed by atoms with E-state index in [9.17, 15) is 13.2 Å². The Kier molecular flexibility index (Phi) is 5.67. The number of hydrogen-bond donors (Lipinski definition) is 2. The Bertz CT molecular complexity index is 957. The lowest BCUT2D eigenvalue weighted by molar-refractivity contribution is 0.0944. The van der Waals surface area contributed by atoms with Crippen LogP contribution in [0.15, 0.2) is 41.3 Å². The van der Waals surface area contributed by atoms with Gasteiger partial charge in [-0.05, 0) is 67.1 Å². The lowest BCUT2D eigenvalue weighted by Crippen LogP contribution is -2.41. The van der Waals surface area contributed by atoms with E-state index in [4.69, 9.17) is 9.47 Å². The van der Waals surface area contributed by atoms with Crippen molar-refractivity contribution in [2.24, 2.45) is 0 Å². The van der Waals surface area contributed by atoms with Gasteiger partial charge >= 0.3 is 0 Å². The molecule has 0 aliphatic heterocycles. The van der Waals surface area contributed by atoms with E-state index in [1.807, 2.05) is 6.07 Å². The van der Waals surface area contributed by atoms with Crippen LogP contribution in [0.5, 0.6) is 11.5 Å². The number of aryl methyl sites for hydroxylation is 2. The maximum Gasteiger partial charge on any atom is 0.266 e. The predicted octanol–water partition coefficient (Wildman–Crippen LogP) is 2.21. The standard InChI is InChI=1S/C19H22N2O5S/c1-25-17-10-8-15(12-18(17)26-2)19(22)20-21-27(23,24)16-9-7-13-5-3-4-6-14(13)11-16/h7-12,21H,3-6H2,1-2H3,(H,20,22). The van der Waals surface area contributed by atoms with E-state index < -0.39 is 15.9 Å². The van der Waals surface area contributed by atoms with Gasteiger partial charge in [-0.3, -0.25) is 10.2 Å². The Hall–Kier alpha value is -2.58. The highest BCUT2D eigenvalue weighted by molar-refractivity contribution is 7.89. The average Bonchev–Trinajstić information content (AvgIpc) is 2.71. The van der Waals surface area contributed by atoms with Crippen LogP contribution in [0.4, 0.5) is 0 Å². The molecule has 0 atom stereocenters. The van der Waals surface area contributed by atoms with E-state index in [0.717, 1.165) is 31.2 Å². The third-order valence-corrected chi connectivity index (χ3v) is 5.82. The predicted molar refractivity (Wildman–Crippen MR) is 100 cm³/mol. The van der Waals surface area contributed by atoms with Crippen molar-refractivity contribution in [3.05, 3.63) is 53.1 Å². The number of benzene rings is 2. The highest BCUT2D eigenvalue weighted by atomic mass is 32.2. The second-order valence-electron chi connectivity index (χ2n) is 6.27. The molecule has 2 aromatic rings. The molecular weight excluding hydrogens is 368 g/mol. The molecule has 0 saturated heterocycles. The van der Waals surface area contributed by atoms with Gasteiger partial charge in [0, 0.05) is 5.56 Å². The monoisotopic (exact) mass is 390 g/mol. The Morgan fingerprint density at radius 1 is 0.926 bits per heavy atom. The van der Waals surface area contributed by atoms with Gasteiger partial charge in [0.15, 0.2) is 11.5 Å². The summed E-state index contributed by atoms with van der Waals surface area (Å²) in [6.07, 6.45) is 4.02. The molecule has 1 aliphatic carbocycles. The molecule has 2 N–H and O–H groups in total. The minimum absolute atomic E-state index is 0.135. The van der Waals surface area contributed by atoms with Gasteiger partial charge < -0.3 is 9.47 Å². The largest absolute Gasteiger partial charge is 0.493 e. The zero-order chi connectivity index (χ0) is 19.4. The van der Waals surface area contributed by atoms with Crippen LogP contribution in [0.3, 0.4) is 0 Å². The number of amides is 1. The van der Waals surface area contributed by atoms with Gasteiger partial charge in [0.25, 0.3) is 15.9 Å². The van der Waals surface area contributed by atoms with Crippen LogP contribution in [0.25, 0.3) is 0 Å². The lowest BCUT2D eigenvalue weighted by atomic mass is 9.92. The van der Waals surface area contributed by atoms with Crippen molar-refractivity contribution in [3.63, 3.8) is 0 Å². The average molecular weight is 390 g/mol. The van der Waals surface area contributed by atoms with E-state index in [1.165, 1.54) is 31.9 Å². The first-order chi connectivity index (χ1) is 12.9. The number of carbonyl (C=O) groups excluding carboxylic acids is 1. The molecule has 1 aliphatic rings. The number of methoxy groups -OCH3 is 2. The van der Waals surface area contributed by atoms with E-state index in [-0.39, 0.29) is 10.5 Å². The third kappa shape index (κ3) is 4.23. The van der Waals surface area contributed by atoms with E-state index >= 15 is 0 Å². The molecule has 0 fully saturated rings. The summed E-state index contributed by atoms with van der Waals surface area (Å²) >= 11 is 0. The number of ether oxygens (including phenoxy) is 2. The van der Waals surface area contributed by atoms with Crippen molar-refractivity contribution in [2.75, 3.05) is 14.2 Å². The maximum atomic E-state index is 12.5. The van der Waals surface area contributed by atoms with Crippen LogP contribution in [-0.4, -0.2) is 28.5 Å². The molecule has 0 radical (unpaired) electrons. The Morgan fingerprint density at radius 3 is 2.33 bits per heavy atom. The first-order valence-electron chi connectivity index (χ1n) is 8.60.